The monoisotopic (exact) mass is 377 g/mol. The zero-order valence-electron chi connectivity index (χ0n) is 12.4. The van der Waals surface area contributed by atoms with Crippen LogP contribution in [0.4, 0.5) is 0 Å². The Labute approximate surface area is 147 Å². The Hall–Kier alpha value is -2.23. The highest BCUT2D eigenvalue weighted by Gasteiger charge is 2.17. The molecule has 0 spiro atoms. The highest BCUT2D eigenvalue weighted by Crippen LogP contribution is 2.28. The summed E-state index contributed by atoms with van der Waals surface area (Å²) in [5.74, 6) is 0. The SMILES string of the molecule is Cc1csc2c1c(=O)n(O)c(=O)n2Cc1csc(-c2cccs2)n1. The van der Waals surface area contributed by atoms with E-state index in [2.05, 4.69) is 4.98 Å². The Morgan fingerprint density at radius 3 is 2.79 bits per heavy atom. The molecule has 0 radical (unpaired) electrons. The van der Waals surface area contributed by atoms with Crippen molar-refractivity contribution in [3.63, 3.8) is 0 Å². The number of thiophene rings is 2. The Balaban J connectivity index is 1.83. The highest BCUT2D eigenvalue weighted by atomic mass is 32.1. The van der Waals surface area contributed by atoms with Gasteiger partial charge in [0.05, 0.1) is 22.5 Å². The van der Waals surface area contributed by atoms with Gasteiger partial charge >= 0.3 is 5.69 Å². The molecule has 0 bridgehead atoms. The van der Waals surface area contributed by atoms with Crippen LogP contribution in [0.1, 0.15) is 11.3 Å². The van der Waals surface area contributed by atoms with Crippen molar-refractivity contribution in [2.45, 2.75) is 13.5 Å². The van der Waals surface area contributed by atoms with Crippen LogP contribution < -0.4 is 11.2 Å². The largest absolute Gasteiger partial charge is 0.421 e. The van der Waals surface area contributed by atoms with Crippen molar-refractivity contribution < 1.29 is 5.21 Å². The Morgan fingerprint density at radius 2 is 2.04 bits per heavy atom. The van der Waals surface area contributed by atoms with E-state index in [1.165, 1.54) is 27.2 Å². The zero-order chi connectivity index (χ0) is 16.8. The third-order valence-electron chi connectivity index (χ3n) is 3.62. The maximum Gasteiger partial charge on any atom is 0.365 e. The minimum atomic E-state index is -0.750. The molecule has 0 saturated carbocycles. The maximum atomic E-state index is 12.3. The molecule has 9 heteroatoms. The molecule has 0 aliphatic rings. The van der Waals surface area contributed by atoms with Crippen LogP contribution in [0.2, 0.25) is 0 Å². The van der Waals surface area contributed by atoms with Crippen LogP contribution in [0.3, 0.4) is 0 Å². The van der Waals surface area contributed by atoms with Gasteiger partial charge in [0.2, 0.25) is 0 Å². The van der Waals surface area contributed by atoms with Crippen molar-refractivity contribution in [3.05, 3.63) is 60.4 Å². The van der Waals surface area contributed by atoms with Crippen molar-refractivity contribution in [2.24, 2.45) is 0 Å². The summed E-state index contributed by atoms with van der Waals surface area (Å²) < 4.78 is 1.57. The molecule has 0 amide bonds. The molecular formula is C15H11N3O3S3. The molecule has 0 saturated heterocycles. The van der Waals surface area contributed by atoms with E-state index in [0.717, 1.165) is 21.1 Å². The number of nitrogens with zero attached hydrogens (tertiary/aromatic N) is 3. The van der Waals surface area contributed by atoms with E-state index < -0.39 is 11.2 Å². The first-order valence-electron chi connectivity index (χ1n) is 6.97. The van der Waals surface area contributed by atoms with E-state index in [1.54, 1.807) is 23.6 Å². The number of hydrogen-bond donors (Lipinski definition) is 1. The molecule has 24 heavy (non-hydrogen) atoms. The number of thiazole rings is 1. The smallest absolute Gasteiger partial charge is 0.365 e. The van der Waals surface area contributed by atoms with Gasteiger partial charge in [0.25, 0.3) is 5.56 Å². The van der Waals surface area contributed by atoms with Crippen LogP contribution in [-0.4, -0.2) is 19.5 Å². The van der Waals surface area contributed by atoms with Crippen molar-refractivity contribution in [1.82, 2.24) is 14.3 Å². The first-order valence-corrected chi connectivity index (χ1v) is 9.61. The van der Waals surface area contributed by atoms with Crippen molar-refractivity contribution in [2.75, 3.05) is 0 Å². The second-order valence-corrected chi connectivity index (χ2v) is 7.87. The Kier molecular flexibility index (Phi) is 3.63. The first kappa shape index (κ1) is 15.3. The molecule has 0 atom stereocenters. The van der Waals surface area contributed by atoms with E-state index >= 15 is 0 Å². The van der Waals surface area contributed by atoms with Crippen molar-refractivity contribution >= 4 is 44.2 Å². The summed E-state index contributed by atoms with van der Waals surface area (Å²) in [6.45, 7) is 1.99. The normalized spacial score (nSPS) is 11.4. The molecule has 4 rings (SSSR count). The van der Waals surface area contributed by atoms with Crippen molar-refractivity contribution in [1.29, 1.82) is 0 Å². The number of aryl methyl sites for hydroxylation is 1. The molecule has 0 fully saturated rings. The van der Waals surface area contributed by atoms with Crippen LogP contribution in [0.5, 0.6) is 0 Å². The minimum absolute atomic E-state index is 0.175. The third-order valence-corrected chi connectivity index (χ3v) is 6.67. The molecule has 6 nitrogen and oxygen atoms in total. The van der Waals surface area contributed by atoms with Gasteiger partial charge in [0.15, 0.2) is 0 Å². The van der Waals surface area contributed by atoms with Gasteiger partial charge in [-0.1, -0.05) is 10.8 Å². The summed E-state index contributed by atoms with van der Waals surface area (Å²) >= 11 is 4.43. The predicted octanol–water partition coefficient (Wildman–Crippen LogP) is 3.00. The molecule has 4 aromatic heterocycles. The highest BCUT2D eigenvalue weighted by molar-refractivity contribution is 7.20. The van der Waals surface area contributed by atoms with Gasteiger partial charge in [0.1, 0.15) is 9.84 Å². The lowest BCUT2D eigenvalue weighted by molar-refractivity contribution is 0.158. The van der Waals surface area contributed by atoms with E-state index in [0.29, 0.717) is 10.2 Å². The average molecular weight is 377 g/mol. The van der Waals surface area contributed by atoms with Gasteiger partial charge < -0.3 is 5.21 Å². The summed E-state index contributed by atoms with van der Waals surface area (Å²) in [6.07, 6.45) is 0. The van der Waals surface area contributed by atoms with Gasteiger partial charge in [-0.3, -0.25) is 9.36 Å². The van der Waals surface area contributed by atoms with Crippen LogP contribution >= 0.6 is 34.0 Å². The van der Waals surface area contributed by atoms with E-state index in [4.69, 9.17) is 0 Å². The van der Waals surface area contributed by atoms with E-state index in [9.17, 15) is 14.8 Å². The van der Waals surface area contributed by atoms with Gasteiger partial charge in [-0.15, -0.1) is 34.0 Å². The molecular weight excluding hydrogens is 366 g/mol. The summed E-state index contributed by atoms with van der Waals surface area (Å²) in [5.41, 5.74) is 0.0354. The molecule has 0 unspecified atom stereocenters. The van der Waals surface area contributed by atoms with Crippen LogP contribution in [0, 0.1) is 6.92 Å². The van der Waals surface area contributed by atoms with Crippen LogP contribution in [0.15, 0.2) is 37.9 Å². The molecule has 1 N–H and O–H groups in total. The number of fused-ring (bicyclic) bond motifs is 1. The zero-order valence-corrected chi connectivity index (χ0v) is 14.9. The summed E-state index contributed by atoms with van der Waals surface area (Å²) in [6, 6.07) is 3.96. The van der Waals surface area contributed by atoms with Gasteiger partial charge in [-0.25, -0.2) is 9.78 Å². The fourth-order valence-corrected chi connectivity index (χ4v) is 5.15. The maximum absolute atomic E-state index is 12.3. The fourth-order valence-electron chi connectivity index (χ4n) is 2.48. The van der Waals surface area contributed by atoms with Crippen LogP contribution in [0.25, 0.3) is 20.1 Å². The Bertz CT molecular complexity index is 1150. The molecule has 0 aliphatic carbocycles. The minimum Gasteiger partial charge on any atom is -0.421 e. The first-order chi connectivity index (χ1) is 11.6. The van der Waals surface area contributed by atoms with Crippen LogP contribution in [-0.2, 0) is 6.54 Å². The van der Waals surface area contributed by atoms with Gasteiger partial charge in [0, 0.05) is 5.38 Å². The predicted molar refractivity (Wildman–Crippen MR) is 96.8 cm³/mol. The molecule has 0 aromatic carbocycles. The topological polar surface area (TPSA) is 77.1 Å². The van der Waals surface area contributed by atoms with Gasteiger partial charge in [-0.2, -0.15) is 0 Å². The molecule has 0 aliphatic heterocycles. The second kappa shape index (κ2) is 5.69. The lowest BCUT2D eigenvalue weighted by Crippen LogP contribution is -2.38. The average Bonchev–Trinajstić information content (AvgIpc) is 3.29. The summed E-state index contributed by atoms with van der Waals surface area (Å²) in [4.78, 5) is 30.6. The molecule has 4 aromatic rings. The standard InChI is InChI=1S/C15H11N3O3S3/c1-8-6-24-14-11(8)13(19)18(21)15(20)17(14)5-9-7-23-12(16-9)10-3-2-4-22-10/h2-4,6-7,21H,5H2,1H3. The fraction of sp³-hybridized carbons (Fsp3) is 0.133. The van der Waals surface area contributed by atoms with E-state index in [-0.39, 0.29) is 11.3 Å². The van der Waals surface area contributed by atoms with Gasteiger partial charge in [-0.05, 0) is 29.3 Å². The second-order valence-electron chi connectivity index (χ2n) is 5.21. The quantitative estimate of drug-likeness (QED) is 0.557. The number of hydrogen-bond acceptors (Lipinski definition) is 7. The number of aromatic nitrogens is 3. The third kappa shape index (κ3) is 2.32. The summed E-state index contributed by atoms with van der Waals surface area (Å²) in [5, 5.41) is 16.8. The lowest BCUT2D eigenvalue weighted by atomic mass is 10.3. The van der Waals surface area contributed by atoms with E-state index in [1.807, 2.05) is 22.9 Å². The lowest BCUT2D eigenvalue weighted by Gasteiger charge is -2.07. The van der Waals surface area contributed by atoms with Crippen molar-refractivity contribution in [3.8, 4) is 9.88 Å². The number of rotatable bonds is 3. The molecule has 4 heterocycles. The Morgan fingerprint density at radius 1 is 1.21 bits per heavy atom. The molecule has 122 valence electrons. The summed E-state index contributed by atoms with van der Waals surface area (Å²) in [7, 11) is 0.